The third kappa shape index (κ3) is 3.01. The van der Waals surface area contributed by atoms with Crippen LogP contribution in [0.25, 0.3) is 0 Å². The van der Waals surface area contributed by atoms with Gasteiger partial charge in [-0.2, -0.15) is 0 Å². The number of hydrogen-bond acceptors (Lipinski definition) is 2. The van der Waals surface area contributed by atoms with Gasteiger partial charge in [0.1, 0.15) is 0 Å². The summed E-state index contributed by atoms with van der Waals surface area (Å²) in [5.74, 6) is 3.36. The summed E-state index contributed by atoms with van der Waals surface area (Å²) in [5.41, 5.74) is 0. The average molecular weight is 234 g/mol. The Morgan fingerprint density at radius 1 is 1.41 bits per heavy atom. The topological polar surface area (TPSA) is 32.3 Å². The highest BCUT2D eigenvalue weighted by atomic mass is 16.2. The first-order valence-electron chi connectivity index (χ1n) is 6.70. The van der Waals surface area contributed by atoms with Gasteiger partial charge in [0, 0.05) is 25.0 Å². The van der Waals surface area contributed by atoms with Gasteiger partial charge in [0.05, 0.1) is 6.54 Å². The molecule has 0 aromatic heterocycles. The predicted octanol–water partition coefficient (Wildman–Crippen LogP) is 1.39. The van der Waals surface area contributed by atoms with Crippen LogP contribution in [0.1, 0.15) is 39.0 Å². The molecule has 2 saturated heterocycles. The highest BCUT2D eigenvalue weighted by molar-refractivity contribution is 5.76. The Morgan fingerprint density at radius 3 is 2.59 bits per heavy atom. The largest absolute Gasteiger partial charge is 0.332 e. The summed E-state index contributed by atoms with van der Waals surface area (Å²) < 4.78 is 0. The third-order valence-electron chi connectivity index (χ3n) is 4.05. The van der Waals surface area contributed by atoms with E-state index in [1.54, 1.807) is 4.90 Å². The number of amides is 1. The number of nitrogens with one attached hydrogen (secondary N) is 1. The van der Waals surface area contributed by atoms with Crippen LogP contribution in [0.15, 0.2) is 0 Å². The molecule has 2 bridgehead atoms. The Labute approximate surface area is 104 Å². The van der Waals surface area contributed by atoms with Crippen LogP contribution < -0.4 is 5.32 Å². The summed E-state index contributed by atoms with van der Waals surface area (Å²) in [6.45, 7) is 3.16. The second kappa shape index (κ2) is 5.55. The molecule has 1 N–H and O–H groups in total. The van der Waals surface area contributed by atoms with Crippen molar-refractivity contribution in [1.29, 1.82) is 0 Å². The molecule has 0 radical (unpaired) electrons. The lowest BCUT2D eigenvalue weighted by atomic mass is 9.89. The van der Waals surface area contributed by atoms with Gasteiger partial charge in [-0.1, -0.05) is 5.92 Å². The van der Waals surface area contributed by atoms with Crippen LogP contribution in [-0.2, 0) is 4.79 Å². The first-order chi connectivity index (χ1) is 8.22. The molecule has 0 aromatic rings. The van der Waals surface area contributed by atoms with E-state index >= 15 is 0 Å². The van der Waals surface area contributed by atoms with Gasteiger partial charge < -0.3 is 10.2 Å². The number of terminal acetylenes is 1. The van der Waals surface area contributed by atoms with Crippen LogP contribution in [0.2, 0.25) is 0 Å². The highest BCUT2D eigenvalue weighted by Crippen LogP contribution is 2.32. The van der Waals surface area contributed by atoms with Gasteiger partial charge in [-0.15, -0.1) is 6.42 Å². The van der Waals surface area contributed by atoms with Crippen molar-refractivity contribution >= 4 is 5.91 Å². The molecule has 94 valence electrons. The standard InChI is InChI=1S/C14H22N2O/c1-3-7-16(4-2)14(17)10-11-8-12-5-6-13(9-11)15-12/h1,11-13,15H,4-10H2,2H3. The van der Waals surface area contributed by atoms with E-state index in [2.05, 4.69) is 11.2 Å². The van der Waals surface area contributed by atoms with Crippen LogP contribution in [-0.4, -0.2) is 36.0 Å². The average Bonchev–Trinajstić information content (AvgIpc) is 2.65. The van der Waals surface area contributed by atoms with Gasteiger partial charge >= 0.3 is 0 Å². The van der Waals surface area contributed by atoms with Crippen molar-refractivity contribution in [2.45, 2.75) is 51.1 Å². The summed E-state index contributed by atoms with van der Waals surface area (Å²) in [6, 6.07) is 1.32. The highest BCUT2D eigenvalue weighted by Gasteiger charge is 2.34. The van der Waals surface area contributed by atoms with E-state index in [0.29, 0.717) is 31.0 Å². The summed E-state index contributed by atoms with van der Waals surface area (Å²) in [6.07, 6.45) is 10.9. The smallest absolute Gasteiger partial charge is 0.223 e. The van der Waals surface area contributed by atoms with Gasteiger partial charge in [0.25, 0.3) is 0 Å². The fraction of sp³-hybridized carbons (Fsp3) is 0.786. The molecular formula is C14H22N2O. The molecule has 0 aliphatic carbocycles. The fourth-order valence-corrected chi connectivity index (χ4v) is 3.20. The van der Waals surface area contributed by atoms with Crippen molar-refractivity contribution in [3.63, 3.8) is 0 Å². The number of nitrogens with zero attached hydrogens (tertiary/aromatic N) is 1. The van der Waals surface area contributed by atoms with Gasteiger partial charge in [0.2, 0.25) is 5.91 Å². The molecule has 17 heavy (non-hydrogen) atoms. The maximum Gasteiger partial charge on any atom is 0.223 e. The molecule has 0 saturated carbocycles. The molecule has 0 spiro atoms. The quantitative estimate of drug-likeness (QED) is 0.746. The Balaban J connectivity index is 1.84. The van der Waals surface area contributed by atoms with E-state index in [-0.39, 0.29) is 5.91 Å². The number of carbonyl (C=O) groups is 1. The lowest BCUT2D eigenvalue weighted by molar-refractivity contribution is -0.131. The molecule has 1 amide bonds. The number of carbonyl (C=O) groups excluding carboxylic acids is 1. The van der Waals surface area contributed by atoms with E-state index in [4.69, 9.17) is 6.42 Å². The molecule has 2 aliphatic rings. The van der Waals surface area contributed by atoms with E-state index < -0.39 is 0 Å². The minimum Gasteiger partial charge on any atom is -0.332 e. The van der Waals surface area contributed by atoms with Crippen LogP contribution in [0.4, 0.5) is 0 Å². The zero-order valence-electron chi connectivity index (χ0n) is 10.6. The molecule has 3 heteroatoms. The Kier molecular flexibility index (Phi) is 4.06. The number of fused-ring (bicyclic) bond motifs is 2. The van der Waals surface area contributed by atoms with Crippen molar-refractivity contribution in [3.8, 4) is 12.3 Å². The van der Waals surface area contributed by atoms with E-state index in [0.717, 1.165) is 19.4 Å². The molecular weight excluding hydrogens is 212 g/mol. The van der Waals surface area contributed by atoms with Gasteiger partial charge in [-0.05, 0) is 38.5 Å². The summed E-state index contributed by atoms with van der Waals surface area (Å²) in [5, 5.41) is 3.60. The zero-order chi connectivity index (χ0) is 12.3. The molecule has 2 rings (SSSR count). The molecule has 3 nitrogen and oxygen atoms in total. The summed E-state index contributed by atoms with van der Waals surface area (Å²) in [7, 11) is 0. The SMILES string of the molecule is C#CCN(CC)C(=O)CC1CC2CCC(C1)N2. The first-order valence-corrected chi connectivity index (χ1v) is 6.70. The third-order valence-corrected chi connectivity index (χ3v) is 4.05. The van der Waals surface area contributed by atoms with Crippen molar-refractivity contribution in [3.05, 3.63) is 0 Å². The maximum atomic E-state index is 12.1. The molecule has 2 unspecified atom stereocenters. The number of rotatable bonds is 4. The van der Waals surface area contributed by atoms with Crippen LogP contribution in [0.3, 0.4) is 0 Å². The maximum absolute atomic E-state index is 12.1. The van der Waals surface area contributed by atoms with Gasteiger partial charge in [0.15, 0.2) is 0 Å². The van der Waals surface area contributed by atoms with Crippen molar-refractivity contribution in [2.24, 2.45) is 5.92 Å². The van der Waals surface area contributed by atoms with Crippen molar-refractivity contribution in [1.82, 2.24) is 10.2 Å². The van der Waals surface area contributed by atoms with Crippen molar-refractivity contribution in [2.75, 3.05) is 13.1 Å². The predicted molar refractivity (Wildman–Crippen MR) is 68.4 cm³/mol. The summed E-state index contributed by atoms with van der Waals surface area (Å²) >= 11 is 0. The minimum absolute atomic E-state index is 0.233. The first kappa shape index (κ1) is 12.4. The Bertz CT molecular complexity index is 309. The molecule has 2 heterocycles. The fourth-order valence-electron chi connectivity index (χ4n) is 3.20. The molecule has 0 aromatic carbocycles. The Hall–Kier alpha value is -1.01. The Morgan fingerprint density at radius 2 is 2.06 bits per heavy atom. The lowest BCUT2D eigenvalue weighted by Gasteiger charge is -2.30. The van der Waals surface area contributed by atoms with Gasteiger partial charge in [-0.25, -0.2) is 0 Å². The second-order valence-corrected chi connectivity index (χ2v) is 5.29. The van der Waals surface area contributed by atoms with E-state index in [1.165, 1.54) is 12.8 Å². The normalized spacial score (nSPS) is 30.9. The second-order valence-electron chi connectivity index (χ2n) is 5.29. The lowest BCUT2D eigenvalue weighted by Crippen LogP contribution is -2.40. The van der Waals surface area contributed by atoms with E-state index in [9.17, 15) is 4.79 Å². The summed E-state index contributed by atoms with van der Waals surface area (Å²) in [4.78, 5) is 13.9. The minimum atomic E-state index is 0.233. The molecule has 2 atom stereocenters. The zero-order valence-corrected chi connectivity index (χ0v) is 10.6. The van der Waals surface area contributed by atoms with Crippen molar-refractivity contribution < 1.29 is 4.79 Å². The van der Waals surface area contributed by atoms with E-state index in [1.807, 2.05) is 6.92 Å². The number of piperidine rings is 1. The molecule has 2 fully saturated rings. The van der Waals surface area contributed by atoms with Crippen LogP contribution in [0.5, 0.6) is 0 Å². The van der Waals surface area contributed by atoms with Crippen LogP contribution >= 0.6 is 0 Å². The monoisotopic (exact) mass is 234 g/mol. The van der Waals surface area contributed by atoms with Gasteiger partial charge in [-0.3, -0.25) is 4.79 Å². The number of hydrogen-bond donors (Lipinski definition) is 1. The van der Waals surface area contributed by atoms with Crippen LogP contribution in [0, 0.1) is 18.3 Å². The molecule has 2 aliphatic heterocycles.